The third-order valence-corrected chi connectivity index (χ3v) is 2.53. The van der Waals surface area contributed by atoms with E-state index in [2.05, 4.69) is 10.2 Å². The molecule has 2 heterocycles. The molecule has 3 rings (SSSR count). The van der Waals surface area contributed by atoms with Crippen LogP contribution in [0.2, 0.25) is 0 Å². The fourth-order valence-corrected chi connectivity index (χ4v) is 1.72. The summed E-state index contributed by atoms with van der Waals surface area (Å²) in [7, 11) is 0. The number of carbonyl (C=O) groups is 1. The Morgan fingerprint density at radius 2 is 2.18 bits per heavy atom. The lowest BCUT2D eigenvalue weighted by Crippen LogP contribution is -1.96. The molecule has 2 aromatic rings. The first-order chi connectivity index (χ1) is 8.25. The average molecular weight is 232 g/mol. The van der Waals surface area contributed by atoms with Crippen molar-refractivity contribution in [3.05, 3.63) is 30.0 Å². The smallest absolute Gasteiger partial charge is 0.339 e. The van der Waals surface area contributed by atoms with Gasteiger partial charge in [-0.2, -0.15) is 5.10 Å². The van der Waals surface area contributed by atoms with Crippen LogP contribution in [0.3, 0.4) is 0 Å². The molecule has 17 heavy (non-hydrogen) atoms. The van der Waals surface area contributed by atoms with Gasteiger partial charge >= 0.3 is 5.97 Å². The zero-order valence-corrected chi connectivity index (χ0v) is 8.64. The molecule has 0 saturated carbocycles. The monoisotopic (exact) mass is 232 g/mol. The Bertz CT molecular complexity index is 591. The summed E-state index contributed by atoms with van der Waals surface area (Å²) in [6.45, 7) is 0.188. The molecule has 0 bridgehead atoms. The number of carboxylic acid groups (broad SMARTS) is 1. The summed E-state index contributed by atoms with van der Waals surface area (Å²) in [5, 5.41) is 15.4. The van der Waals surface area contributed by atoms with Crippen molar-refractivity contribution in [2.45, 2.75) is 0 Å². The van der Waals surface area contributed by atoms with Crippen molar-refractivity contribution in [2.75, 3.05) is 6.79 Å². The molecular weight excluding hydrogens is 224 g/mol. The van der Waals surface area contributed by atoms with E-state index < -0.39 is 5.97 Å². The highest BCUT2D eigenvalue weighted by molar-refractivity contribution is 5.94. The third kappa shape index (κ3) is 1.50. The van der Waals surface area contributed by atoms with Crippen molar-refractivity contribution in [2.24, 2.45) is 0 Å². The van der Waals surface area contributed by atoms with Gasteiger partial charge in [-0.15, -0.1) is 0 Å². The summed E-state index contributed by atoms with van der Waals surface area (Å²) >= 11 is 0. The minimum absolute atomic E-state index is 0.129. The number of carboxylic acids is 1. The number of ether oxygens (including phenoxy) is 2. The number of benzene rings is 1. The highest BCUT2D eigenvalue weighted by atomic mass is 16.7. The molecule has 1 aromatic carbocycles. The molecule has 86 valence electrons. The van der Waals surface area contributed by atoms with Gasteiger partial charge in [-0.3, -0.25) is 5.10 Å². The Balaban J connectivity index is 2.09. The molecule has 2 N–H and O–H groups in total. The number of H-pyrrole nitrogens is 1. The van der Waals surface area contributed by atoms with Crippen LogP contribution in [0.4, 0.5) is 0 Å². The molecule has 0 amide bonds. The summed E-state index contributed by atoms with van der Waals surface area (Å²) in [6, 6.07) is 5.22. The highest BCUT2D eigenvalue weighted by Gasteiger charge is 2.18. The van der Waals surface area contributed by atoms with Gasteiger partial charge in [0.2, 0.25) is 6.79 Å². The highest BCUT2D eigenvalue weighted by Crippen LogP contribution is 2.36. The van der Waals surface area contributed by atoms with Gasteiger partial charge in [0.15, 0.2) is 11.5 Å². The zero-order valence-electron chi connectivity index (χ0n) is 8.64. The maximum absolute atomic E-state index is 11.0. The Hall–Kier alpha value is -2.50. The van der Waals surface area contributed by atoms with Gasteiger partial charge < -0.3 is 14.6 Å². The van der Waals surface area contributed by atoms with Crippen LogP contribution in [0.1, 0.15) is 10.4 Å². The predicted octanol–water partition coefficient (Wildman–Crippen LogP) is 1.50. The third-order valence-electron chi connectivity index (χ3n) is 2.53. The van der Waals surface area contributed by atoms with Gasteiger partial charge in [-0.1, -0.05) is 0 Å². The number of hydrogen-bond donors (Lipinski definition) is 2. The number of nitrogens with zero attached hydrogens (tertiary/aromatic N) is 1. The number of aromatic nitrogens is 2. The van der Waals surface area contributed by atoms with Crippen LogP contribution in [-0.2, 0) is 0 Å². The van der Waals surface area contributed by atoms with Gasteiger partial charge in [-0.05, 0) is 18.2 Å². The van der Waals surface area contributed by atoms with Crippen LogP contribution in [0.5, 0.6) is 11.5 Å². The second-order valence-electron chi connectivity index (χ2n) is 3.53. The van der Waals surface area contributed by atoms with E-state index in [4.69, 9.17) is 14.6 Å². The first-order valence-corrected chi connectivity index (χ1v) is 4.92. The molecule has 0 aliphatic carbocycles. The standard InChI is InChI=1S/C11H8N2O4/c14-11(15)7-4-12-13-10(7)6-1-2-8-9(3-6)17-5-16-8/h1-4H,5H2,(H,12,13)(H,14,15). The molecule has 1 aliphatic rings. The van der Waals surface area contributed by atoms with Crippen LogP contribution in [0.15, 0.2) is 24.4 Å². The first-order valence-electron chi connectivity index (χ1n) is 4.92. The molecular formula is C11H8N2O4. The molecule has 0 unspecified atom stereocenters. The fourth-order valence-electron chi connectivity index (χ4n) is 1.72. The Kier molecular flexibility index (Phi) is 2.01. The van der Waals surface area contributed by atoms with Crippen LogP contribution in [0, 0.1) is 0 Å². The lowest BCUT2D eigenvalue weighted by molar-refractivity contribution is 0.0698. The van der Waals surface area contributed by atoms with Gasteiger partial charge in [0.25, 0.3) is 0 Å². The molecule has 0 saturated heterocycles. The van der Waals surface area contributed by atoms with E-state index in [9.17, 15) is 4.79 Å². The molecule has 6 heteroatoms. The quantitative estimate of drug-likeness (QED) is 0.819. The maximum Gasteiger partial charge on any atom is 0.339 e. The van der Waals surface area contributed by atoms with Crippen LogP contribution in [-0.4, -0.2) is 28.1 Å². The predicted molar refractivity (Wildman–Crippen MR) is 57.1 cm³/mol. The molecule has 6 nitrogen and oxygen atoms in total. The Labute approximate surface area is 95.8 Å². The van der Waals surface area contributed by atoms with Crippen LogP contribution >= 0.6 is 0 Å². The van der Waals surface area contributed by atoms with Gasteiger partial charge in [0.05, 0.1) is 11.9 Å². The molecule has 0 spiro atoms. The minimum Gasteiger partial charge on any atom is -0.478 e. The fraction of sp³-hybridized carbons (Fsp3) is 0.0909. The summed E-state index contributed by atoms with van der Waals surface area (Å²) in [5.41, 5.74) is 1.28. The lowest BCUT2D eigenvalue weighted by atomic mass is 10.1. The molecule has 1 aliphatic heterocycles. The molecule has 0 fully saturated rings. The minimum atomic E-state index is -1.02. The van der Waals surface area contributed by atoms with Crippen molar-refractivity contribution < 1.29 is 19.4 Å². The average Bonchev–Trinajstić information content (AvgIpc) is 2.96. The van der Waals surface area contributed by atoms with Gasteiger partial charge in [0, 0.05) is 5.56 Å². The van der Waals surface area contributed by atoms with E-state index in [0.29, 0.717) is 22.8 Å². The van der Waals surface area contributed by atoms with E-state index in [0.717, 1.165) is 0 Å². The Morgan fingerprint density at radius 3 is 3.00 bits per heavy atom. The summed E-state index contributed by atoms with van der Waals surface area (Å²) < 4.78 is 10.4. The molecule has 0 radical (unpaired) electrons. The molecule has 1 aromatic heterocycles. The first kappa shape index (κ1) is 9.71. The van der Waals surface area contributed by atoms with Gasteiger partial charge in [-0.25, -0.2) is 4.79 Å². The van der Waals surface area contributed by atoms with Crippen molar-refractivity contribution in [3.63, 3.8) is 0 Å². The normalized spacial score (nSPS) is 12.7. The molecule has 0 atom stereocenters. The van der Waals surface area contributed by atoms with E-state index in [1.54, 1.807) is 18.2 Å². The van der Waals surface area contributed by atoms with Crippen molar-refractivity contribution >= 4 is 5.97 Å². The largest absolute Gasteiger partial charge is 0.478 e. The van der Waals surface area contributed by atoms with Crippen molar-refractivity contribution in [1.82, 2.24) is 10.2 Å². The zero-order chi connectivity index (χ0) is 11.8. The van der Waals surface area contributed by atoms with Crippen LogP contribution in [0.25, 0.3) is 11.3 Å². The van der Waals surface area contributed by atoms with Gasteiger partial charge in [0.1, 0.15) is 5.56 Å². The Morgan fingerprint density at radius 1 is 1.35 bits per heavy atom. The second kappa shape index (κ2) is 3.51. The number of rotatable bonds is 2. The summed E-state index contributed by atoms with van der Waals surface area (Å²) in [5.74, 6) is 0.241. The second-order valence-corrected chi connectivity index (χ2v) is 3.53. The number of aromatic amines is 1. The van der Waals surface area contributed by atoms with Crippen LogP contribution < -0.4 is 9.47 Å². The topological polar surface area (TPSA) is 84.4 Å². The summed E-state index contributed by atoms with van der Waals surface area (Å²) in [4.78, 5) is 11.0. The van der Waals surface area contributed by atoms with Crippen molar-refractivity contribution in [3.8, 4) is 22.8 Å². The van der Waals surface area contributed by atoms with E-state index >= 15 is 0 Å². The number of hydrogen-bond acceptors (Lipinski definition) is 4. The maximum atomic E-state index is 11.0. The van der Waals surface area contributed by atoms with E-state index in [-0.39, 0.29) is 12.4 Å². The van der Waals surface area contributed by atoms with Crippen molar-refractivity contribution in [1.29, 1.82) is 0 Å². The summed E-state index contributed by atoms with van der Waals surface area (Å²) in [6.07, 6.45) is 1.28. The SMILES string of the molecule is O=C(O)c1cn[nH]c1-c1ccc2c(c1)OCO2. The van der Waals surface area contributed by atoms with E-state index in [1.807, 2.05) is 0 Å². The number of nitrogens with one attached hydrogen (secondary N) is 1. The van der Waals surface area contributed by atoms with E-state index in [1.165, 1.54) is 6.20 Å². The number of fused-ring (bicyclic) bond motifs is 1. The number of aromatic carboxylic acids is 1. The lowest BCUT2D eigenvalue weighted by Gasteiger charge is -2.01.